The maximum Gasteiger partial charge on any atom is 0.586 e. The number of aliphatic hydroxyl groups is 1. The molecule has 0 fully saturated rings. The molecule has 2 heterocycles. The minimum absolute atomic E-state index is 0.0139. The third-order valence-electron chi connectivity index (χ3n) is 4.66. The number of nitrogens with zero attached hydrogens (tertiary/aromatic N) is 1. The Labute approximate surface area is 179 Å². The molecule has 0 saturated carbocycles. The van der Waals surface area contributed by atoms with Crippen LogP contribution in [-0.2, 0) is 0 Å². The van der Waals surface area contributed by atoms with E-state index in [-0.39, 0.29) is 11.5 Å². The van der Waals surface area contributed by atoms with Gasteiger partial charge < -0.3 is 14.6 Å². The lowest BCUT2D eigenvalue weighted by Crippen LogP contribution is -2.25. The topological polar surface area (TPSA) is 51.6 Å². The highest BCUT2D eigenvalue weighted by molar-refractivity contribution is 8.06. The summed E-state index contributed by atoms with van der Waals surface area (Å²) in [4.78, 5) is 6.63. The summed E-state index contributed by atoms with van der Waals surface area (Å²) in [7, 11) is 0. The van der Waals surface area contributed by atoms with Crippen molar-refractivity contribution < 1.29 is 23.4 Å². The molecule has 0 unspecified atom stereocenters. The van der Waals surface area contributed by atoms with Gasteiger partial charge in [0.2, 0.25) is 0 Å². The molecule has 30 heavy (non-hydrogen) atoms. The van der Waals surface area contributed by atoms with Crippen LogP contribution in [-0.4, -0.2) is 16.4 Å². The molecule has 1 aromatic carbocycles. The van der Waals surface area contributed by atoms with Crippen molar-refractivity contribution in [3.05, 3.63) is 63.6 Å². The van der Waals surface area contributed by atoms with Crippen LogP contribution in [0.3, 0.4) is 0 Å². The van der Waals surface area contributed by atoms with Crippen LogP contribution in [0.4, 0.5) is 8.78 Å². The van der Waals surface area contributed by atoms with E-state index in [1.807, 2.05) is 26.0 Å². The standard InChI is InChI=1S/C23H25F2NO3S/c1-5-8-16(6-2)30-20(7-3)22(27)17-11-9-14(4)21(26-17)15-10-12-18-19(13-15)29-23(24,25)28-18/h7-13,22,27H,5-6H2,1-4H3/b16-8-,20-7-/t22-/m1/s1. The first-order chi connectivity index (χ1) is 14.3. The smallest absolute Gasteiger partial charge is 0.395 e. The van der Waals surface area contributed by atoms with Crippen LogP contribution in [0, 0.1) is 6.92 Å². The van der Waals surface area contributed by atoms with Crippen LogP contribution in [0.1, 0.15) is 51.0 Å². The Balaban J connectivity index is 1.91. The average molecular weight is 434 g/mol. The van der Waals surface area contributed by atoms with Gasteiger partial charge in [-0.05, 0) is 61.4 Å². The van der Waals surface area contributed by atoms with Gasteiger partial charge >= 0.3 is 6.29 Å². The molecule has 1 aliphatic rings. The Kier molecular flexibility index (Phi) is 6.83. The van der Waals surface area contributed by atoms with Crippen molar-refractivity contribution in [2.24, 2.45) is 0 Å². The van der Waals surface area contributed by atoms with Gasteiger partial charge in [-0.3, -0.25) is 0 Å². The predicted molar refractivity (Wildman–Crippen MR) is 116 cm³/mol. The summed E-state index contributed by atoms with van der Waals surface area (Å²) >= 11 is 1.55. The van der Waals surface area contributed by atoms with E-state index in [0.29, 0.717) is 17.0 Å². The SMILES string of the molecule is C/C=C(\S/C(=C\CC)CC)[C@H](O)c1ccc(C)c(-c2ccc3c(c2)OC(F)(F)O3)n1. The van der Waals surface area contributed by atoms with Crippen molar-refractivity contribution in [3.8, 4) is 22.8 Å². The number of ether oxygens (including phenoxy) is 2. The Hall–Kier alpha value is -2.38. The lowest BCUT2D eigenvalue weighted by Gasteiger charge is -2.17. The summed E-state index contributed by atoms with van der Waals surface area (Å²) in [6.07, 6.45) is 1.30. The largest absolute Gasteiger partial charge is 0.586 e. The zero-order valence-corrected chi connectivity index (χ0v) is 18.2. The number of fused-ring (bicyclic) bond motifs is 1. The predicted octanol–water partition coefficient (Wildman–Crippen LogP) is 6.75. The lowest BCUT2D eigenvalue weighted by atomic mass is 10.0. The highest BCUT2D eigenvalue weighted by atomic mass is 32.2. The van der Waals surface area contributed by atoms with Gasteiger partial charge in [0.05, 0.1) is 11.4 Å². The fourth-order valence-electron chi connectivity index (χ4n) is 3.14. The van der Waals surface area contributed by atoms with E-state index in [4.69, 9.17) is 0 Å². The Morgan fingerprint density at radius 2 is 1.93 bits per heavy atom. The molecule has 4 nitrogen and oxygen atoms in total. The zero-order valence-electron chi connectivity index (χ0n) is 17.4. The molecular weight excluding hydrogens is 408 g/mol. The second-order valence-electron chi connectivity index (χ2n) is 6.86. The van der Waals surface area contributed by atoms with E-state index in [1.165, 1.54) is 17.0 Å². The van der Waals surface area contributed by atoms with Gasteiger partial charge in [-0.25, -0.2) is 4.98 Å². The van der Waals surface area contributed by atoms with Crippen molar-refractivity contribution >= 4 is 11.8 Å². The van der Waals surface area contributed by atoms with Crippen molar-refractivity contribution in [1.82, 2.24) is 4.98 Å². The van der Waals surface area contributed by atoms with Gasteiger partial charge in [-0.15, -0.1) is 8.78 Å². The number of halogens is 2. The van der Waals surface area contributed by atoms with Crippen molar-refractivity contribution in [2.75, 3.05) is 0 Å². The van der Waals surface area contributed by atoms with E-state index in [1.54, 1.807) is 23.9 Å². The van der Waals surface area contributed by atoms with Gasteiger partial charge in [-0.2, -0.15) is 0 Å². The van der Waals surface area contributed by atoms with Gasteiger partial charge in [0.15, 0.2) is 11.5 Å². The quantitative estimate of drug-likeness (QED) is 0.523. The minimum atomic E-state index is -3.66. The molecule has 0 aliphatic carbocycles. The number of pyridine rings is 1. The van der Waals surface area contributed by atoms with E-state index in [0.717, 1.165) is 23.3 Å². The summed E-state index contributed by atoms with van der Waals surface area (Å²) in [6, 6.07) is 8.21. The van der Waals surface area contributed by atoms with Crippen LogP contribution in [0.5, 0.6) is 11.5 Å². The first kappa shape index (κ1) is 22.3. The number of aromatic nitrogens is 1. The molecule has 0 radical (unpaired) electrons. The van der Waals surface area contributed by atoms with Crippen LogP contribution >= 0.6 is 11.8 Å². The molecule has 160 valence electrons. The number of aryl methyl sites for hydroxylation is 1. The van der Waals surface area contributed by atoms with Gasteiger partial charge in [0.1, 0.15) is 6.10 Å². The maximum absolute atomic E-state index is 13.3. The molecule has 1 atom stereocenters. The van der Waals surface area contributed by atoms with Gasteiger partial charge in [0, 0.05) is 10.5 Å². The first-order valence-corrected chi connectivity index (χ1v) is 10.7. The van der Waals surface area contributed by atoms with Gasteiger partial charge in [0.25, 0.3) is 0 Å². The Bertz CT molecular complexity index is 988. The second-order valence-corrected chi connectivity index (χ2v) is 8.06. The number of hydrogen-bond acceptors (Lipinski definition) is 5. The summed E-state index contributed by atoms with van der Waals surface area (Å²) in [6.45, 7) is 7.93. The molecule has 7 heteroatoms. The van der Waals surface area contributed by atoms with Crippen molar-refractivity contribution in [1.29, 1.82) is 0 Å². The fourth-order valence-corrected chi connectivity index (χ4v) is 4.19. The number of alkyl halides is 2. The highest BCUT2D eigenvalue weighted by Crippen LogP contribution is 2.43. The molecule has 2 aromatic rings. The third kappa shape index (κ3) is 4.84. The van der Waals surface area contributed by atoms with Crippen LogP contribution in [0.25, 0.3) is 11.3 Å². The lowest BCUT2D eigenvalue weighted by molar-refractivity contribution is -0.286. The summed E-state index contributed by atoms with van der Waals surface area (Å²) in [5.41, 5.74) is 2.54. The third-order valence-corrected chi connectivity index (χ3v) is 6.07. The van der Waals surface area contributed by atoms with E-state index in [9.17, 15) is 13.9 Å². The molecule has 0 spiro atoms. The first-order valence-electron chi connectivity index (χ1n) is 9.86. The highest BCUT2D eigenvalue weighted by Gasteiger charge is 2.43. The summed E-state index contributed by atoms with van der Waals surface area (Å²) < 4.78 is 35.7. The minimum Gasteiger partial charge on any atom is -0.395 e. The zero-order chi connectivity index (χ0) is 21.9. The van der Waals surface area contributed by atoms with Crippen LogP contribution in [0.2, 0.25) is 0 Å². The normalized spacial score (nSPS) is 16.6. The number of allylic oxidation sites excluding steroid dienone is 3. The molecule has 0 saturated heterocycles. The van der Waals surface area contributed by atoms with E-state index < -0.39 is 12.4 Å². The number of hydrogen-bond donors (Lipinski definition) is 1. The summed E-state index contributed by atoms with van der Waals surface area (Å²) in [5.74, 6) is -0.0494. The van der Waals surface area contributed by atoms with Crippen molar-refractivity contribution in [3.63, 3.8) is 0 Å². The van der Waals surface area contributed by atoms with E-state index >= 15 is 0 Å². The monoisotopic (exact) mass is 433 g/mol. The molecular formula is C23H25F2NO3S. The molecule has 0 amide bonds. The summed E-state index contributed by atoms with van der Waals surface area (Å²) in [5, 5.41) is 11.0. The number of rotatable bonds is 7. The molecule has 3 rings (SSSR count). The van der Waals surface area contributed by atoms with Crippen molar-refractivity contribution in [2.45, 2.75) is 52.9 Å². The number of thioether (sulfide) groups is 1. The van der Waals surface area contributed by atoms with Crippen LogP contribution < -0.4 is 9.47 Å². The number of benzene rings is 1. The molecule has 1 aliphatic heterocycles. The second kappa shape index (κ2) is 9.18. The average Bonchev–Trinajstić information content (AvgIpc) is 3.03. The van der Waals surface area contributed by atoms with Crippen LogP contribution in [0.15, 0.2) is 52.3 Å². The molecule has 1 N–H and O–H groups in total. The Morgan fingerprint density at radius 1 is 1.20 bits per heavy atom. The van der Waals surface area contributed by atoms with E-state index in [2.05, 4.69) is 34.4 Å². The molecule has 1 aromatic heterocycles. The maximum atomic E-state index is 13.3. The Morgan fingerprint density at radius 3 is 2.60 bits per heavy atom. The van der Waals surface area contributed by atoms with Gasteiger partial charge in [-0.1, -0.05) is 43.8 Å². The number of aliphatic hydroxyl groups excluding tert-OH is 1. The fraction of sp³-hybridized carbons (Fsp3) is 0.348. The molecule has 0 bridgehead atoms.